The highest BCUT2D eigenvalue weighted by Crippen LogP contribution is 2.50. The number of aliphatic hydroxyl groups excluding tert-OH is 2. The first-order valence-corrected chi connectivity index (χ1v) is 15.3. The molecule has 2 saturated heterocycles. The third-order valence-corrected chi connectivity index (χ3v) is 8.29. The van der Waals surface area contributed by atoms with Crippen LogP contribution in [0.5, 0.6) is 0 Å². The van der Waals surface area contributed by atoms with Crippen molar-refractivity contribution in [3.8, 4) is 11.8 Å². The molecular formula is C23H27FN7O10PS. The molecule has 2 fully saturated rings. The second kappa shape index (κ2) is 12.8. The summed E-state index contributed by atoms with van der Waals surface area (Å²) in [5.41, 5.74) is 4.71. The Kier molecular flexibility index (Phi) is 9.34. The lowest BCUT2D eigenvalue weighted by molar-refractivity contribution is -0.0678. The van der Waals surface area contributed by atoms with Gasteiger partial charge in [-0.2, -0.15) is 0 Å². The highest BCUT2D eigenvalue weighted by molar-refractivity contribution is 8.07. The van der Waals surface area contributed by atoms with Crippen molar-refractivity contribution in [2.75, 3.05) is 25.6 Å². The molecule has 0 saturated carbocycles. The molecule has 5 heterocycles. The Labute approximate surface area is 246 Å². The zero-order chi connectivity index (χ0) is 30.9. The van der Waals surface area contributed by atoms with Gasteiger partial charge in [0.05, 0.1) is 19.5 Å². The van der Waals surface area contributed by atoms with Gasteiger partial charge < -0.3 is 39.6 Å². The molecule has 0 radical (unpaired) electrons. The summed E-state index contributed by atoms with van der Waals surface area (Å²) in [6.45, 7) is -4.02. The molecule has 6 N–H and O–H groups in total. The van der Waals surface area contributed by atoms with Crippen molar-refractivity contribution in [1.82, 2.24) is 29.1 Å². The number of aromatic amines is 1. The van der Waals surface area contributed by atoms with Crippen LogP contribution in [0.3, 0.4) is 0 Å². The number of aromatic nitrogens is 6. The van der Waals surface area contributed by atoms with Crippen LogP contribution in [-0.2, 0) is 35.1 Å². The number of hydrogen-bond donors (Lipinski definition) is 5. The number of ether oxygens (including phenoxy) is 3. The Morgan fingerprint density at radius 2 is 1.98 bits per heavy atom. The SMILES string of the molecule is CC#CCOC1C(OP(O)(=S)OC[C@H]2O[C@@H](n3cnc4c(N)ncnc43)C(F)C2O)[C@@H](CO)O[C@H]1n1ccc(=O)[nH]c1=O. The van der Waals surface area contributed by atoms with Crippen LogP contribution in [-0.4, -0.2) is 101 Å². The molecule has 9 atom stereocenters. The van der Waals surface area contributed by atoms with E-state index >= 15 is 4.39 Å². The number of anilines is 1. The molecule has 17 nitrogen and oxygen atoms in total. The van der Waals surface area contributed by atoms with E-state index in [-0.39, 0.29) is 23.6 Å². The van der Waals surface area contributed by atoms with Gasteiger partial charge in [-0.15, -0.1) is 5.92 Å². The summed E-state index contributed by atoms with van der Waals surface area (Å²) in [5, 5.41) is 20.5. The number of nitrogens with one attached hydrogen (secondary N) is 1. The largest absolute Gasteiger partial charge is 0.394 e. The zero-order valence-electron chi connectivity index (χ0n) is 22.3. The van der Waals surface area contributed by atoms with Crippen molar-refractivity contribution in [2.45, 2.75) is 56.1 Å². The summed E-state index contributed by atoms with van der Waals surface area (Å²) in [6, 6.07) is 1.09. The van der Waals surface area contributed by atoms with Crippen LogP contribution >= 0.6 is 6.72 Å². The van der Waals surface area contributed by atoms with Gasteiger partial charge >= 0.3 is 12.4 Å². The maximum atomic E-state index is 15.1. The van der Waals surface area contributed by atoms with Crippen LogP contribution in [0.25, 0.3) is 11.2 Å². The van der Waals surface area contributed by atoms with E-state index in [0.717, 1.165) is 10.6 Å². The fourth-order valence-electron chi connectivity index (χ4n) is 4.69. The van der Waals surface area contributed by atoms with Crippen LogP contribution in [0, 0.1) is 11.8 Å². The number of nitrogen functional groups attached to an aromatic ring is 1. The minimum Gasteiger partial charge on any atom is -0.394 e. The van der Waals surface area contributed by atoms with E-state index in [1.165, 1.54) is 23.4 Å². The number of alkyl halides is 1. The number of nitrogens with two attached hydrogens (primary N) is 1. The lowest BCUT2D eigenvalue weighted by atomic mass is 10.1. The molecule has 2 aliphatic heterocycles. The van der Waals surface area contributed by atoms with Gasteiger partial charge in [-0.05, 0) is 18.7 Å². The highest BCUT2D eigenvalue weighted by Gasteiger charge is 2.50. The topological polar surface area (TPSA) is 231 Å². The summed E-state index contributed by atoms with van der Waals surface area (Å²) in [5.74, 6) is 5.40. The van der Waals surface area contributed by atoms with E-state index in [9.17, 15) is 24.7 Å². The summed E-state index contributed by atoms with van der Waals surface area (Å²) < 4.78 is 45.7. The number of rotatable bonds is 10. The summed E-state index contributed by atoms with van der Waals surface area (Å²) in [6.07, 6.45) is -7.59. The van der Waals surface area contributed by atoms with Crippen LogP contribution in [0.1, 0.15) is 19.4 Å². The predicted octanol–water partition coefficient (Wildman–Crippen LogP) is -1.53. The van der Waals surface area contributed by atoms with Gasteiger partial charge in [0, 0.05) is 12.3 Å². The number of hydrogen-bond acceptors (Lipinski definition) is 14. The van der Waals surface area contributed by atoms with Crippen LogP contribution in [0.4, 0.5) is 10.2 Å². The Morgan fingerprint density at radius 1 is 1.21 bits per heavy atom. The summed E-state index contributed by atoms with van der Waals surface area (Å²) in [7, 11) is 0. The number of aliphatic hydroxyl groups is 2. The number of imidazole rings is 1. The van der Waals surface area contributed by atoms with Gasteiger partial charge in [-0.25, -0.2) is 24.1 Å². The minimum absolute atomic E-state index is 0.0736. The second-order valence-corrected chi connectivity index (χ2v) is 12.2. The quantitative estimate of drug-likeness (QED) is 0.125. The first-order valence-electron chi connectivity index (χ1n) is 12.7. The van der Waals surface area contributed by atoms with E-state index in [4.69, 9.17) is 40.8 Å². The fourth-order valence-corrected chi connectivity index (χ4v) is 6.13. The molecule has 0 aliphatic carbocycles. The van der Waals surface area contributed by atoms with Gasteiger partial charge in [0.15, 0.2) is 30.1 Å². The van der Waals surface area contributed by atoms with E-state index in [1.807, 2.05) is 0 Å². The predicted molar refractivity (Wildman–Crippen MR) is 147 cm³/mol. The number of halogens is 1. The molecule has 0 spiro atoms. The van der Waals surface area contributed by atoms with Crippen molar-refractivity contribution in [3.05, 3.63) is 45.8 Å². The molecule has 2 aliphatic rings. The van der Waals surface area contributed by atoms with Crippen molar-refractivity contribution in [1.29, 1.82) is 0 Å². The van der Waals surface area contributed by atoms with Crippen molar-refractivity contribution < 1.29 is 42.8 Å². The maximum absolute atomic E-state index is 15.1. The van der Waals surface area contributed by atoms with Gasteiger partial charge in [-0.1, -0.05) is 5.92 Å². The zero-order valence-corrected chi connectivity index (χ0v) is 24.0. The van der Waals surface area contributed by atoms with Gasteiger partial charge in [0.1, 0.15) is 49.0 Å². The van der Waals surface area contributed by atoms with Crippen molar-refractivity contribution >= 4 is 35.5 Å². The van der Waals surface area contributed by atoms with E-state index in [2.05, 4.69) is 31.8 Å². The average Bonchev–Trinajstić information content (AvgIpc) is 3.62. The normalized spacial score (nSPS) is 30.3. The average molecular weight is 644 g/mol. The van der Waals surface area contributed by atoms with Crippen LogP contribution in [0.2, 0.25) is 0 Å². The maximum Gasteiger partial charge on any atom is 0.330 e. The lowest BCUT2D eigenvalue weighted by Gasteiger charge is -2.28. The third-order valence-electron chi connectivity index (χ3n) is 6.73. The molecule has 43 heavy (non-hydrogen) atoms. The summed E-state index contributed by atoms with van der Waals surface area (Å²) in [4.78, 5) is 49.0. The van der Waals surface area contributed by atoms with E-state index < -0.39 is 80.3 Å². The first-order chi connectivity index (χ1) is 20.5. The standard InChI is InChI=1S/C23H27FN7O10PS/c1-2-3-6-37-18-17(11(7-32)39-22(18)30-5-4-13(33)29-23(30)35)41-42(36,43)38-8-12-16(34)14(24)21(40-12)31-10-28-15-19(25)26-9-27-20(15)31/h4-5,9-12,14,16-18,21-22,32,34H,6-8H2,1H3,(H,36,43)(H2,25,26,27)(H,29,33,35)/t11-,12-,14?,16?,17?,18?,21-,22-,42?/m1/s1. The molecule has 0 bridgehead atoms. The number of nitrogens with zero attached hydrogens (tertiary/aromatic N) is 5. The molecule has 232 valence electrons. The Bertz CT molecular complexity index is 1690. The fraction of sp³-hybridized carbons (Fsp3) is 0.522. The monoisotopic (exact) mass is 643 g/mol. The van der Waals surface area contributed by atoms with Crippen LogP contribution < -0.4 is 17.0 Å². The van der Waals surface area contributed by atoms with Gasteiger partial charge in [0.2, 0.25) is 0 Å². The summed E-state index contributed by atoms with van der Waals surface area (Å²) >= 11 is 5.17. The molecular weight excluding hydrogens is 616 g/mol. The molecule has 3 aromatic rings. The van der Waals surface area contributed by atoms with Gasteiger partial charge in [0.25, 0.3) is 5.56 Å². The molecule has 3 aromatic heterocycles. The Morgan fingerprint density at radius 3 is 2.70 bits per heavy atom. The smallest absolute Gasteiger partial charge is 0.330 e. The van der Waals surface area contributed by atoms with Crippen molar-refractivity contribution in [2.24, 2.45) is 0 Å². The highest BCUT2D eigenvalue weighted by atomic mass is 32.5. The van der Waals surface area contributed by atoms with Crippen LogP contribution in [0.15, 0.2) is 34.5 Å². The molecule has 20 heteroatoms. The lowest BCUT2D eigenvalue weighted by Crippen LogP contribution is -2.40. The molecule has 0 aromatic carbocycles. The third kappa shape index (κ3) is 6.39. The minimum atomic E-state index is -4.22. The second-order valence-electron chi connectivity index (χ2n) is 9.38. The Hall–Kier alpha value is -3.15. The number of fused-ring (bicyclic) bond motifs is 1. The van der Waals surface area contributed by atoms with E-state index in [1.54, 1.807) is 6.92 Å². The number of H-pyrrole nitrogens is 1. The first kappa shape index (κ1) is 31.3. The van der Waals surface area contributed by atoms with Gasteiger partial charge in [-0.3, -0.25) is 23.4 Å². The molecule has 5 rings (SSSR count). The van der Waals surface area contributed by atoms with Crippen molar-refractivity contribution in [3.63, 3.8) is 0 Å². The molecule has 5 unspecified atom stereocenters. The molecule has 0 amide bonds. The Balaban J connectivity index is 1.31. The van der Waals surface area contributed by atoms with E-state index in [0.29, 0.717) is 0 Å².